The Hall–Kier alpha value is -1.91. The maximum Gasteiger partial charge on any atom is 0.269 e. The first kappa shape index (κ1) is 18.1. The highest BCUT2D eigenvalue weighted by Gasteiger charge is 2.11. The first-order chi connectivity index (χ1) is 10.5. The van der Waals surface area contributed by atoms with Crippen LogP contribution < -0.4 is 10.6 Å². The smallest absolute Gasteiger partial charge is 0.269 e. The molecule has 0 aliphatic heterocycles. The van der Waals surface area contributed by atoms with Crippen molar-refractivity contribution in [3.05, 3.63) is 29.6 Å². The molecule has 5 nitrogen and oxygen atoms in total. The fourth-order valence-corrected chi connectivity index (χ4v) is 1.94. The molecule has 0 aliphatic rings. The van der Waals surface area contributed by atoms with Gasteiger partial charge in [-0.15, -0.1) is 0 Å². The molecule has 2 amide bonds. The van der Waals surface area contributed by atoms with Crippen LogP contribution in [-0.2, 0) is 0 Å². The topological polar surface area (TPSA) is 71.1 Å². The van der Waals surface area contributed by atoms with E-state index in [2.05, 4.69) is 36.4 Å². The van der Waals surface area contributed by atoms with E-state index in [9.17, 15) is 9.59 Å². The number of unbranched alkanes of at least 4 members (excludes halogenated alkanes) is 2. The molecule has 0 bridgehead atoms. The van der Waals surface area contributed by atoms with Gasteiger partial charge >= 0.3 is 0 Å². The molecule has 0 saturated carbocycles. The van der Waals surface area contributed by atoms with Crippen LogP contribution in [0.25, 0.3) is 0 Å². The van der Waals surface area contributed by atoms with Crippen LogP contribution in [0.4, 0.5) is 0 Å². The predicted octanol–water partition coefficient (Wildman–Crippen LogP) is 2.78. The van der Waals surface area contributed by atoms with Crippen LogP contribution >= 0.6 is 0 Å². The number of rotatable bonds is 9. The molecule has 0 radical (unpaired) electrons. The fourth-order valence-electron chi connectivity index (χ4n) is 1.94. The van der Waals surface area contributed by atoms with Gasteiger partial charge in [-0.2, -0.15) is 0 Å². The van der Waals surface area contributed by atoms with Crippen molar-refractivity contribution < 1.29 is 9.59 Å². The van der Waals surface area contributed by atoms with E-state index in [0.717, 1.165) is 25.7 Å². The Balaban J connectivity index is 2.53. The molecule has 0 saturated heterocycles. The summed E-state index contributed by atoms with van der Waals surface area (Å²) in [5, 5.41) is 5.68. The third-order valence-electron chi connectivity index (χ3n) is 3.33. The minimum Gasteiger partial charge on any atom is -0.352 e. The third kappa shape index (κ3) is 6.70. The lowest BCUT2D eigenvalue weighted by molar-refractivity contribution is 0.0948. The van der Waals surface area contributed by atoms with Gasteiger partial charge in [0.1, 0.15) is 5.69 Å². The molecule has 1 aromatic heterocycles. The number of hydrogen-bond acceptors (Lipinski definition) is 3. The van der Waals surface area contributed by atoms with Gasteiger partial charge in [-0.05, 0) is 30.9 Å². The molecule has 0 spiro atoms. The number of carbonyl (C=O) groups excluding carboxylic acids is 2. The minimum absolute atomic E-state index is 0.164. The van der Waals surface area contributed by atoms with Crippen molar-refractivity contribution in [3.63, 3.8) is 0 Å². The second kappa shape index (κ2) is 9.92. The Morgan fingerprint density at radius 3 is 2.55 bits per heavy atom. The summed E-state index contributed by atoms with van der Waals surface area (Å²) in [6, 6.07) is 3.17. The molecule has 0 fully saturated rings. The van der Waals surface area contributed by atoms with Crippen LogP contribution in [0.2, 0.25) is 0 Å². The SMILES string of the molecule is CCCCCNC(=O)c1cc(C(=O)NCCC(C)C)ccn1. The van der Waals surface area contributed by atoms with E-state index in [-0.39, 0.29) is 17.5 Å². The zero-order valence-electron chi connectivity index (χ0n) is 13.8. The predicted molar refractivity (Wildman–Crippen MR) is 87.9 cm³/mol. The first-order valence-corrected chi connectivity index (χ1v) is 8.07. The summed E-state index contributed by atoms with van der Waals surface area (Å²) in [5.74, 6) is 0.151. The maximum absolute atomic E-state index is 12.0. The van der Waals surface area contributed by atoms with E-state index in [1.54, 1.807) is 12.1 Å². The number of hydrogen-bond donors (Lipinski definition) is 2. The average Bonchev–Trinajstić information content (AvgIpc) is 2.51. The standard InChI is InChI=1S/C17H27N3O2/c1-4-5-6-9-19-17(22)15-12-14(8-11-18-15)16(21)20-10-7-13(2)3/h8,11-13H,4-7,9-10H2,1-3H3,(H,19,22)(H,20,21). The summed E-state index contributed by atoms with van der Waals surface area (Å²) in [7, 11) is 0. The third-order valence-corrected chi connectivity index (χ3v) is 3.33. The van der Waals surface area contributed by atoms with E-state index >= 15 is 0 Å². The van der Waals surface area contributed by atoms with Crippen molar-refractivity contribution >= 4 is 11.8 Å². The lowest BCUT2D eigenvalue weighted by Crippen LogP contribution is -2.28. The first-order valence-electron chi connectivity index (χ1n) is 8.07. The van der Waals surface area contributed by atoms with Crippen molar-refractivity contribution in [2.45, 2.75) is 46.5 Å². The summed E-state index contributed by atoms with van der Waals surface area (Å²) < 4.78 is 0. The Labute approximate surface area is 132 Å². The average molecular weight is 305 g/mol. The van der Waals surface area contributed by atoms with Gasteiger partial charge in [0, 0.05) is 24.8 Å². The minimum atomic E-state index is -0.229. The Bertz CT molecular complexity index is 487. The molecule has 2 N–H and O–H groups in total. The number of nitrogens with one attached hydrogen (secondary N) is 2. The van der Waals surface area contributed by atoms with Crippen molar-refractivity contribution in [2.75, 3.05) is 13.1 Å². The highest BCUT2D eigenvalue weighted by molar-refractivity contribution is 5.98. The van der Waals surface area contributed by atoms with Crippen LogP contribution in [-0.4, -0.2) is 29.9 Å². The molecular formula is C17H27N3O2. The Kier molecular flexibility index (Phi) is 8.18. The van der Waals surface area contributed by atoms with Crippen LogP contribution in [0, 0.1) is 5.92 Å². The van der Waals surface area contributed by atoms with Gasteiger partial charge < -0.3 is 10.6 Å². The number of pyridine rings is 1. The van der Waals surface area contributed by atoms with Crippen molar-refractivity contribution in [1.82, 2.24) is 15.6 Å². The van der Waals surface area contributed by atoms with Crippen LogP contribution in [0.15, 0.2) is 18.3 Å². The largest absolute Gasteiger partial charge is 0.352 e. The van der Waals surface area contributed by atoms with Gasteiger partial charge in [-0.25, -0.2) is 0 Å². The molecular weight excluding hydrogens is 278 g/mol. The van der Waals surface area contributed by atoms with Crippen molar-refractivity contribution in [3.8, 4) is 0 Å². The zero-order valence-corrected chi connectivity index (χ0v) is 13.8. The quantitative estimate of drug-likeness (QED) is 0.689. The fraction of sp³-hybridized carbons (Fsp3) is 0.588. The summed E-state index contributed by atoms with van der Waals surface area (Å²) in [5.41, 5.74) is 0.755. The van der Waals surface area contributed by atoms with Gasteiger partial charge in [0.2, 0.25) is 0 Å². The molecule has 0 aliphatic carbocycles. The highest BCUT2D eigenvalue weighted by Crippen LogP contribution is 2.03. The monoisotopic (exact) mass is 305 g/mol. The second-order valence-corrected chi connectivity index (χ2v) is 5.83. The molecule has 0 unspecified atom stereocenters. The lowest BCUT2D eigenvalue weighted by atomic mass is 10.1. The molecule has 122 valence electrons. The molecule has 1 rings (SSSR count). The molecule has 1 heterocycles. The van der Waals surface area contributed by atoms with Gasteiger partial charge in [0.05, 0.1) is 0 Å². The molecule has 1 aromatic rings. The van der Waals surface area contributed by atoms with Gasteiger partial charge in [-0.1, -0.05) is 33.6 Å². The number of nitrogens with zero attached hydrogens (tertiary/aromatic N) is 1. The lowest BCUT2D eigenvalue weighted by Gasteiger charge is -2.08. The normalized spacial score (nSPS) is 10.5. The maximum atomic E-state index is 12.0. The highest BCUT2D eigenvalue weighted by atomic mass is 16.2. The Morgan fingerprint density at radius 2 is 1.86 bits per heavy atom. The van der Waals surface area contributed by atoms with E-state index in [1.165, 1.54) is 6.20 Å². The molecule has 0 atom stereocenters. The molecule has 5 heteroatoms. The summed E-state index contributed by atoms with van der Waals surface area (Å²) in [6.45, 7) is 7.61. The number of aromatic nitrogens is 1. The molecule has 0 aromatic carbocycles. The van der Waals surface area contributed by atoms with Crippen LogP contribution in [0.3, 0.4) is 0 Å². The number of amides is 2. The van der Waals surface area contributed by atoms with Gasteiger partial charge in [0.15, 0.2) is 0 Å². The van der Waals surface area contributed by atoms with Crippen molar-refractivity contribution in [2.24, 2.45) is 5.92 Å². The van der Waals surface area contributed by atoms with Gasteiger partial charge in [-0.3, -0.25) is 14.6 Å². The zero-order chi connectivity index (χ0) is 16.4. The summed E-state index contributed by atoms with van der Waals surface area (Å²) in [4.78, 5) is 28.0. The summed E-state index contributed by atoms with van der Waals surface area (Å²) >= 11 is 0. The van der Waals surface area contributed by atoms with Crippen LogP contribution in [0.5, 0.6) is 0 Å². The Morgan fingerprint density at radius 1 is 1.14 bits per heavy atom. The van der Waals surface area contributed by atoms with E-state index in [0.29, 0.717) is 24.6 Å². The van der Waals surface area contributed by atoms with Gasteiger partial charge in [0.25, 0.3) is 11.8 Å². The van der Waals surface area contributed by atoms with E-state index < -0.39 is 0 Å². The second-order valence-electron chi connectivity index (χ2n) is 5.83. The van der Waals surface area contributed by atoms with Crippen molar-refractivity contribution in [1.29, 1.82) is 0 Å². The van der Waals surface area contributed by atoms with E-state index in [4.69, 9.17) is 0 Å². The van der Waals surface area contributed by atoms with E-state index in [1.807, 2.05) is 0 Å². The molecule has 22 heavy (non-hydrogen) atoms. The number of carbonyl (C=O) groups is 2. The van der Waals surface area contributed by atoms with Crippen LogP contribution in [0.1, 0.15) is 67.3 Å². The summed E-state index contributed by atoms with van der Waals surface area (Å²) in [6.07, 6.45) is 5.59.